The Morgan fingerprint density at radius 3 is 2.85 bits per heavy atom. The third-order valence-electron chi connectivity index (χ3n) is 3.67. The van der Waals surface area contributed by atoms with E-state index in [1.54, 1.807) is 16.7 Å². The zero-order valence-electron chi connectivity index (χ0n) is 13.5. The predicted molar refractivity (Wildman–Crippen MR) is 89.9 cm³/mol. The third kappa shape index (κ3) is 2.90. The van der Waals surface area contributed by atoms with Gasteiger partial charge in [-0.2, -0.15) is 4.99 Å². The fourth-order valence-electron chi connectivity index (χ4n) is 2.45. The van der Waals surface area contributed by atoms with E-state index in [9.17, 15) is 9.59 Å². The van der Waals surface area contributed by atoms with Gasteiger partial charge in [-0.15, -0.1) is 0 Å². The molecule has 1 aliphatic heterocycles. The topological polar surface area (TPSA) is 105 Å². The molecule has 4 rings (SSSR count). The lowest BCUT2D eigenvalue weighted by Crippen LogP contribution is -2.22. The number of nitrogens with zero attached hydrogens (tertiary/aromatic N) is 4. The van der Waals surface area contributed by atoms with Crippen molar-refractivity contribution in [1.82, 2.24) is 14.5 Å². The van der Waals surface area contributed by atoms with E-state index in [1.165, 1.54) is 37.0 Å². The standard InChI is InChI=1S/C16H12N4O5S/c1-23-14(21)7-20-10-4-11-12(25-8-24-11)5-13(10)26-16(20)19-15(22)9-6-17-2-3-18-9/h2-6H,7-8H2,1H3. The van der Waals surface area contributed by atoms with Gasteiger partial charge in [-0.05, 0) is 0 Å². The molecule has 0 spiro atoms. The number of benzene rings is 1. The van der Waals surface area contributed by atoms with Gasteiger partial charge < -0.3 is 18.8 Å². The minimum Gasteiger partial charge on any atom is -0.468 e. The van der Waals surface area contributed by atoms with Crippen LogP contribution in [-0.2, 0) is 16.1 Å². The average Bonchev–Trinajstić information content (AvgIpc) is 3.24. The highest BCUT2D eigenvalue weighted by Gasteiger charge is 2.19. The molecule has 1 amide bonds. The molecule has 3 aromatic rings. The van der Waals surface area contributed by atoms with Crippen LogP contribution in [0.25, 0.3) is 10.2 Å². The molecule has 0 unspecified atom stereocenters. The first kappa shape index (κ1) is 16.2. The van der Waals surface area contributed by atoms with Gasteiger partial charge in [-0.3, -0.25) is 14.6 Å². The zero-order chi connectivity index (χ0) is 18.1. The summed E-state index contributed by atoms with van der Waals surface area (Å²) >= 11 is 1.25. The van der Waals surface area contributed by atoms with Crippen molar-refractivity contribution >= 4 is 33.4 Å². The molecule has 10 heteroatoms. The lowest BCUT2D eigenvalue weighted by Gasteiger charge is -2.04. The third-order valence-corrected chi connectivity index (χ3v) is 4.71. The number of ether oxygens (including phenoxy) is 3. The summed E-state index contributed by atoms with van der Waals surface area (Å²) < 4.78 is 17.9. The van der Waals surface area contributed by atoms with E-state index in [1.807, 2.05) is 0 Å². The fraction of sp³-hybridized carbons (Fsp3) is 0.188. The molecule has 0 aliphatic carbocycles. The number of carbonyl (C=O) groups is 2. The molecule has 0 saturated carbocycles. The molecule has 0 fully saturated rings. The van der Waals surface area contributed by atoms with Crippen LogP contribution in [0.1, 0.15) is 10.5 Å². The molecule has 0 bridgehead atoms. The van der Waals surface area contributed by atoms with E-state index in [0.29, 0.717) is 21.8 Å². The van der Waals surface area contributed by atoms with E-state index in [-0.39, 0.29) is 19.0 Å². The summed E-state index contributed by atoms with van der Waals surface area (Å²) in [5.41, 5.74) is 0.805. The quantitative estimate of drug-likeness (QED) is 0.635. The first-order valence-corrected chi connectivity index (χ1v) is 8.32. The average molecular weight is 372 g/mol. The minimum atomic E-state index is -0.552. The minimum absolute atomic E-state index is 0.0945. The second-order valence-corrected chi connectivity index (χ2v) is 6.24. The Labute approximate surface area is 150 Å². The molecule has 0 atom stereocenters. The SMILES string of the molecule is COC(=O)Cn1c(=NC(=O)c2cnccn2)sc2cc3c(cc21)OCO3. The van der Waals surface area contributed by atoms with Crippen LogP contribution in [0.15, 0.2) is 35.7 Å². The van der Waals surface area contributed by atoms with Crippen molar-refractivity contribution in [2.24, 2.45) is 4.99 Å². The van der Waals surface area contributed by atoms with Crippen LogP contribution >= 0.6 is 11.3 Å². The van der Waals surface area contributed by atoms with E-state index in [2.05, 4.69) is 15.0 Å². The van der Waals surface area contributed by atoms with Crippen LogP contribution in [0.4, 0.5) is 0 Å². The highest BCUT2D eigenvalue weighted by atomic mass is 32.1. The van der Waals surface area contributed by atoms with Crippen molar-refractivity contribution in [1.29, 1.82) is 0 Å². The molecule has 1 aliphatic rings. The van der Waals surface area contributed by atoms with Gasteiger partial charge in [0.25, 0.3) is 5.91 Å². The maximum absolute atomic E-state index is 12.4. The molecule has 132 valence electrons. The molecule has 2 aromatic heterocycles. The van der Waals surface area contributed by atoms with Gasteiger partial charge >= 0.3 is 5.97 Å². The molecule has 1 aromatic carbocycles. The number of fused-ring (bicyclic) bond motifs is 2. The largest absolute Gasteiger partial charge is 0.468 e. The normalized spacial score (nSPS) is 13.2. The van der Waals surface area contributed by atoms with Gasteiger partial charge in [-0.1, -0.05) is 11.3 Å². The monoisotopic (exact) mass is 372 g/mol. The fourth-order valence-corrected chi connectivity index (χ4v) is 3.48. The number of methoxy groups -OCH3 is 1. The molecular weight excluding hydrogens is 360 g/mol. The number of esters is 1. The summed E-state index contributed by atoms with van der Waals surface area (Å²) in [6.07, 6.45) is 4.21. The number of aromatic nitrogens is 3. The van der Waals surface area contributed by atoms with Crippen LogP contribution in [0.2, 0.25) is 0 Å². The van der Waals surface area contributed by atoms with Crippen LogP contribution < -0.4 is 14.3 Å². The summed E-state index contributed by atoms with van der Waals surface area (Å²) in [7, 11) is 1.30. The first-order chi connectivity index (χ1) is 12.7. The maximum atomic E-state index is 12.4. The second kappa shape index (κ2) is 6.56. The number of carbonyl (C=O) groups excluding carboxylic acids is 2. The smallest absolute Gasteiger partial charge is 0.325 e. The van der Waals surface area contributed by atoms with Gasteiger partial charge in [0.1, 0.15) is 12.2 Å². The maximum Gasteiger partial charge on any atom is 0.325 e. The number of hydrogen-bond acceptors (Lipinski definition) is 8. The van der Waals surface area contributed by atoms with Crippen LogP contribution in [0.3, 0.4) is 0 Å². The van der Waals surface area contributed by atoms with Crippen molar-refractivity contribution in [2.45, 2.75) is 6.54 Å². The van der Waals surface area contributed by atoms with Crippen molar-refractivity contribution < 1.29 is 23.8 Å². The number of rotatable bonds is 3. The molecule has 26 heavy (non-hydrogen) atoms. The molecule has 0 N–H and O–H groups in total. The van der Waals surface area contributed by atoms with Crippen LogP contribution in [-0.4, -0.2) is 40.3 Å². The molecule has 0 radical (unpaired) electrons. The first-order valence-electron chi connectivity index (χ1n) is 7.50. The zero-order valence-corrected chi connectivity index (χ0v) is 14.4. The van der Waals surface area contributed by atoms with Gasteiger partial charge in [0.15, 0.2) is 16.3 Å². The Morgan fingerprint density at radius 2 is 2.12 bits per heavy atom. The van der Waals surface area contributed by atoms with E-state index in [0.717, 1.165) is 4.70 Å². The predicted octanol–water partition coefficient (Wildman–Crippen LogP) is 1.14. The van der Waals surface area contributed by atoms with Gasteiger partial charge in [0.2, 0.25) is 6.79 Å². The van der Waals surface area contributed by atoms with Gasteiger partial charge in [-0.25, -0.2) is 4.98 Å². The van der Waals surface area contributed by atoms with E-state index >= 15 is 0 Å². The number of hydrogen-bond donors (Lipinski definition) is 0. The van der Waals surface area contributed by atoms with Crippen molar-refractivity contribution in [3.05, 3.63) is 41.2 Å². The lowest BCUT2D eigenvalue weighted by molar-refractivity contribution is -0.141. The highest BCUT2D eigenvalue weighted by molar-refractivity contribution is 7.16. The summed E-state index contributed by atoms with van der Waals surface area (Å²) in [5.74, 6) is 0.163. The summed E-state index contributed by atoms with van der Waals surface area (Å²) in [6.45, 7) is 0.0503. The Bertz CT molecular complexity index is 1070. The Morgan fingerprint density at radius 1 is 1.31 bits per heavy atom. The molecule has 9 nitrogen and oxygen atoms in total. The van der Waals surface area contributed by atoms with Gasteiger partial charge in [0.05, 0.1) is 23.5 Å². The molecule has 3 heterocycles. The summed E-state index contributed by atoms with van der Waals surface area (Å²) in [6, 6.07) is 3.55. The van der Waals surface area contributed by atoms with Crippen LogP contribution in [0, 0.1) is 0 Å². The second-order valence-electron chi connectivity index (χ2n) is 5.23. The molecule has 0 saturated heterocycles. The Kier molecular flexibility index (Phi) is 4.09. The van der Waals surface area contributed by atoms with Gasteiger partial charge in [0, 0.05) is 24.5 Å². The lowest BCUT2D eigenvalue weighted by atomic mass is 10.3. The highest BCUT2D eigenvalue weighted by Crippen LogP contribution is 2.36. The Hall–Kier alpha value is -3.27. The Balaban J connectivity index is 1.87. The van der Waals surface area contributed by atoms with Crippen molar-refractivity contribution in [3.63, 3.8) is 0 Å². The number of amides is 1. The summed E-state index contributed by atoms with van der Waals surface area (Å²) in [4.78, 5) is 36.4. The van der Waals surface area contributed by atoms with Crippen LogP contribution in [0.5, 0.6) is 11.5 Å². The number of thiazole rings is 1. The van der Waals surface area contributed by atoms with Crippen molar-refractivity contribution in [3.8, 4) is 11.5 Å². The summed E-state index contributed by atoms with van der Waals surface area (Å²) in [5, 5.41) is 0. The van der Waals surface area contributed by atoms with Crippen molar-refractivity contribution in [2.75, 3.05) is 13.9 Å². The molecular formula is C16H12N4O5S. The van der Waals surface area contributed by atoms with E-state index < -0.39 is 11.9 Å². The van der Waals surface area contributed by atoms with E-state index in [4.69, 9.17) is 14.2 Å².